The Kier molecular flexibility index (Phi) is 7.75. The molecule has 1 fully saturated rings. The van der Waals surface area contributed by atoms with Crippen LogP contribution < -0.4 is 19.7 Å². The Bertz CT molecular complexity index is 1330. The van der Waals surface area contributed by atoms with Crippen molar-refractivity contribution in [3.05, 3.63) is 87.8 Å². The molecule has 0 spiro atoms. The molecule has 1 N–H and O–H groups in total. The molecule has 0 unspecified atom stereocenters. The Labute approximate surface area is 217 Å². The first-order chi connectivity index (χ1) is 16.8. The molecule has 1 saturated heterocycles. The van der Waals surface area contributed by atoms with Crippen molar-refractivity contribution in [3.8, 4) is 11.5 Å². The lowest BCUT2D eigenvalue weighted by molar-refractivity contribution is -0.118. The third-order valence-electron chi connectivity index (χ3n) is 5.11. The number of nitrogens with one attached hydrogen (secondary N) is 1. The third-order valence-corrected chi connectivity index (χ3v) is 6.82. The van der Waals surface area contributed by atoms with Crippen LogP contribution in [0, 0.1) is 6.92 Å². The second kappa shape index (κ2) is 10.9. The van der Waals surface area contributed by atoms with Crippen molar-refractivity contribution in [2.75, 3.05) is 23.9 Å². The zero-order valence-electron chi connectivity index (χ0n) is 18.9. The monoisotopic (exact) mass is 524 g/mol. The van der Waals surface area contributed by atoms with Crippen LogP contribution in [0.1, 0.15) is 11.1 Å². The van der Waals surface area contributed by atoms with Crippen LogP contribution in [0.25, 0.3) is 6.08 Å². The van der Waals surface area contributed by atoms with Crippen molar-refractivity contribution >= 4 is 69.2 Å². The molecular weight excluding hydrogens is 504 g/mol. The number of carbonyl (C=O) groups excluding carboxylic acids is 2. The van der Waals surface area contributed by atoms with E-state index < -0.39 is 0 Å². The van der Waals surface area contributed by atoms with Crippen LogP contribution in [0.3, 0.4) is 0 Å². The maximum atomic E-state index is 13.0. The zero-order valence-corrected chi connectivity index (χ0v) is 21.3. The number of amides is 2. The quantitative estimate of drug-likeness (QED) is 0.298. The van der Waals surface area contributed by atoms with Gasteiger partial charge in [-0.3, -0.25) is 14.5 Å². The van der Waals surface area contributed by atoms with Crippen molar-refractivity contribution in [3.63, 3.8) is 0 Å². The van der Waals surface area contributed by atoms with Gasteiger partial charge < -0.3 is 14.8 Å². The number of carbonyl (C=O) groups is 2. The number of hydrogen-bond donors (Lipinski definition) is 1. The number of ether oxygens (including phenoxy) is 2. The zero-order chi connectivity index (χ0) is 24.9. The first-order valence-corrected chi connectivity index (χ1v) is 12.1. The summed E-state index contributed by atoms with van der Waals surface area (Å²) < 4.78 is 11.2. The molecule has 0 bridgehead atoms. The molecule has 6 nitrogen and oxygen atoms in total. The van der Waals surface area contributed by atoms with E-state index in [0.29, 0.717) is 37.1 Å². The van der Waals surface area contributed by atoms with Gasteiger partial charge in [0, 0.05) is 16.8 Å². The largest absolute Gasteiger partial charge is 0.497 e. The van der Waals surface area contributed by atoms with Gasteiger partial charge in [-0.25, -0.2) is 0 Å². The van der Waals surface area contributed by atoms with Gasteiger partial charge in [0.2, 0.25) is 0 Å². The van der Waals surface area contributed by atoms with Crippen molar-refractivity contribution < 1.29 is 19.1 Å². The highest BCUT2D eigenvalue weighted by Gasteiger charge is 2.33. The molecule has 1 aliphatic heterocycles. The fourth-order valence-corrected chi connectivity index (χ4v) is 4.74. The lowest BCUT2D eigenvalue weighted by Crippen LogP contribution is -2.27. The normalized spacial score (nSPS) is 14.4. The Balaban J connectivity index is 1.37. The van der Waals surface area contributed by atoms with Gasteiger partial charge in [0.25, 0.3) is 11.8 Å². The van der Waals surface area contributed by atoms with Crippen LogP contribution >= 0.6 is 35.6 Å². The predicted octanol–water partition coefficient (Wildman–Crippen LogP) is 6.08. The average Bonchev–Trinajstić information content (AvgIpc) is 3.13. The van der Waals surface area contributed by atoms with E-state index in [9.17, 15) is 9.59 Å². The summed E-state index contributed by atoms with van der Waals surface area (Å²) in [5, 5.41) is 3.34. The van der Waals surface area contributed by atoms with E-state index in [1.54, 1.807) is 55.7 Å². The van der Waals surface area contributed by atoms with Crippen molar-refractivity contribution in [2.24, 2.45) is 0 Å². The lowest BCUT2D eigenvalue weighted by Gasteiger charge is -2.15. The summed E-state index contributed by atoms with van der Waals surface area (Å²) >= 11 is 12.9. The summed E-state index contributed by atoms with van der Waals surface area (Å²) in [5.41, 5.74) is 3.00. The van der Waals surface area contributed by atoms with E-state index in [-0.39, 0.29) is 18.4 Å². The number of anilines is 2. The molecule has 0 aromatic heterocycles. The number of thiocarbonyl (C=S) groups is 1. The molecule has 0 radical (unpaired) electrons. The van der Waals surface area contributed by atoms with Crippen LogP contribution in [0.4, 0.5) is 11.4 Å². The van der Waals surface area contributed by atoms with E-state index in [1.807, 2.05) is 31.2 Å². The molecule has 178 valence electrons. The number of benzene rings is 3. The summed E-state index contributed by atoms with van der Waals surface area (Å²) in [7, 11) is 1.56. The van der Waals surface area contributed by atoms with E-state index in [0.717, 1.165) is 11.1 Å². The highest BCUT2D eigenvalue weighted by molar-refractivity contribution is 8.27. The number of halogens is 1. The minimum absolute atomic E-state index is 0.145. The average molecular weight is 525 g/mol. The van der Waals surface area contributed by atoms with Gasteiger partial charge in [-0.15, -0.1) is 0 Å². The maximum absolute atomic E-state index is 13.0. The molecule has 1 heterocycles. The van der Waals surface area contributed by atoms with Gasteiger partial charge in [0.15, 0.2) is 10.9 Å². The summed E-state index contributed by atoms with van der Waals surface area (Å²) in [6, 6.07) is 19.6. The second-order valence-electron chi connectivity index (χ2n) is 7.59. The molecule has 3 aromatic carbocycles. The van der Waals surface area contributed by atoms with Crippen LogP contribution in [0.5, 0.6) is 11.5 Å². The summed E-state index contributed by atoms with van der Waals surface area (Å²) in [4.78, 5) is 27.2. The predicted molar refractivity (Wildman–Crippen MR) is 145 cm³/mol. The van der Waals surface area contributed by atoms with Crippen molar-refractivity contribution in [1.29, 1.82) is 0 Å². The first-order valence-electron chi connectivity index (χ1n) is 10.5. The molecule has 9 heteroatoms. The van der Waals surface area contributed by atoms with E-state index >= 15 is 0 Å². The van der Waals surface area contributed by atoms with Crippen LogP contribution in [0.2, 0.25) is 5.02 Å². The number of nitrogens with zero attached hydrogens (tertiary/aromatic N) is 1. The van der Waals surface area contributed by atoms with Crippen LogP contribution in [-0.4, -0.2) is 29.9 Å². The van der Waals surface area contributed by atoms with Crippen LogP contribution in [0.15, 0.2) is 71.6 Å². The minimum atomic E-state index is -0.290. The highest BCUT2D eigenvalue weighted by Crippen LogP contribution is 2.37. The smallest absolute Gasteiger partial charge is 0.270 e. The molecule has 0 saturated carbocycles. The van der Waals surface area contributed by atoms with Gasteiger partial charge in [-0.2, -0.15) is 0 Å². The molecular formula is C26H21ClN2O4S2. The van der Waals surface area contributed by atoms with Gasteiger partial charge in [0.05, 0.1) is 17.7 Å². The fourth-order valence-electron chi connectivity index (χ4n) is 3.27. The molecule has 0 aliphatic carbocycles. The molecule has 35 heavy (non-hydrogen) atoms. The van der Waals surface area contributed by atoms with Gasteiger partial charge in [0.1, 0.15) is 11.5 Å². The standard InChI is InChI=1S/C26H21ClN2O4S2/c1-16-6-9-19(14-22(16)27)29-25(31)23(35-26(29)34)12-17-7-10-20(11-8-17)33-15-24(30)28-18-4-3-5-21(13-18)32-2/h3-14H,15H2,1-2H3,(H,28,30)/b23-12-. The number of rotatable bonds is 7. The Hall–Kier alpha value is -3.33. The summed E-state index contributed by atoms with van der Waals surface area (Å²) in [5.74, 6) is 0.695. The van der Waals surface area contributed by atoms with Gasteiger partial charge in [-0.05, 0) is 60.5 Å². The van der Waals surface area contributed by atoms with Gasteiger partial charge in [-0.1, -0.05) is 59.8 Å². The lowest BCUT2D eigenvalue weighted by atomic mass is 10.2. The van der Waals surface area contributed by atoms with Crippen molar-refractivity contribution in [1.82, 2.24) is 0 Å². The minimum Gasteiger partial charge on any atom is -0.497 e. The van der Waals surface area contributed by atoms with E-state index in [1.165, 1.54) is 16.7 Å². The number of methoxy groups -OCH3 is 1. The second-order valence-corrected chi connectivity index (χ2v) is 9.67. The molecule has 2 amide bonds. The number of hydrogen-bond acceptors (Lipinski definition) is 6. The molecule has 3 aromatic rings. The number of thioether (sulfide) groups is 1. The topological polar surface area (TPSA) is 67.9 Å². The maximum Gasteiger partial charge on any atom is 0.270 e. The highest BCUT2D eigenvalue weighted by atomic mass is 35.5. The molecule has 0 atom stereocenters. The van der Waals surface area contributed by atoms with E-state index in [4.69, 9.17) is 33.3 Å². The SMILES string of the molecule is COc1cccc(NC(=O)COc2ccc(/C=C3\SC(=S)N(c4ccc(C)c(Cl)c4)C3=O)cc2)c1. The Morgan fingerprint density at radius 3 is 2.60 bits per heavy atom. The third kappa shape index (κ3) is 6.03. The van der Waals surface area contributed by atoms with Crippen molar-refractivity contribution in [2.45, 2.75) is 6.92 Å². The first kappa shape index (κ1) is 24.8. The molecule has 4 rings (SSSR count). The van der Waals surface area contributed by atoms with Crippen LogP contribution in [-0.2, 0) is 9.59 Å². The summed E-state index contributed by atoms with van der Waals surface area (Å²) in [6.45, 7) is 1.76. The Morgan fingerprint density at radius 2 is 1.89 bits per heavy atom. The van der Waals surface area contributed by atoms with E-state index in [2.05, 4.69) is 5.32 Å². The van der Waals surface area contributed by atoms with Gasteiger partial charge >= 0.3 is 0 Å². The molecule has 1 aliphatic rings. The number of aryl methyl sites for hydroxylation is 1. The Morgan fingerprint density at radius 1 is 1.11 bits per heavy atom. The fraction of sp³-hybridized carbons (Fsp3) is 0.115. The summed E-state index contributed by atoms with van der Waals surface area (Å²) in [6.07, 6.45) is 1.77.